The number of pyridine rings is 1. The van der Waals surface area contributed by atoms with Crippen LogP contribution in [0.1, 0.15) is 62.4 Å². The van der Waals surface area contributed by atoms with Crippen LogP contribution in [0.4, 0.5) is 5.69 Å². The van der Waals surface area contributed by atoms with E-state index in [1.807, 2.05) is 0 Å². The number of anilines is 1. The number of hydrogen-bond acceptors (Lipinski definition) is 5. The minimum atomic E-state index is -0.194. The number of imide groups is 1. The Morgan fingerprint density at radius 3 is 2.23 bits per heavy atom. The van der Waals surface area contributed by atoms with Gasteiger partial charge in [0.25, 0.3) is 0 Å². The Kier molecular flexibility index (Phi) is 4.71. The van der Waals surface area contributed by atoms with Crippen LogP contribution in [0.15, 0.2) is 18.3 Å². The van der Waals surface area contributed by atoms with Crippen molar-refractivity contribution in [3.8, 4) is 0 Å². The predicted octanol–water partition coefficient (Wildman–Crippen LogP) is 2.81. The number of carbonyl (C=O) groups excluding carboxylic acids is 4. The van der Waals surface area contributed by atoms with Gasteiger partial charge in [-0.2, -0.15) is 0 Å². The molecule has 30 heavy (non-hydrogen) atoms. The Bertz CT molecular complexity index is 893. The number of nitrogens with one attached hydrogen (secondary N) is 1. The summed E-state index contributed by atoms with van der Waals surface area (Å²) >= 11 is 0. The molecule has 4 aliphatic rings. The van der Waals surface area contributed by atoms with E-state index in [4.69, 9.17) is 0 Å². The molecule has 0 spiro atoms. The maximum atomic E-state index is 13.0. The maximum absolute atomic E-state index is 13.0. The first-order valence-electron chi connectivity index (χ1n) is 11.1. The molecule has 5 rings (SSSR count). The highest BCUT2D eigenvalue weighted by molar-refractivity contribution is 6.06. The second kappa shape index (κ2) is 7.29. The largest absolute Gasteiger partial charge is 0.324 e. The van der Waals surface area contributed by atoms with Gasteiger partial charge in [-0.15, -0.1) is 0 Å². The molecular formula is C23H27N3O4. The molecule has 0 radical (unpaired) electrons. The van der Waals surface area contributed by atoms with E-state index in [0.717, 1.165) is 19.3 Å². The summed E-state index contributed by atoms with van der Waals surface area (Å²) in [6, 6.07) is 3.29. The van der Waals surface area contributed by atoms with Crippen molar-refractivity contribution in [1.29, 1.82) is 0 Å². The van der Waals surface area contributed by atoms with Crippen LogP contribution in [-0.4, -0.2) is 39.4 Å². The zero-order valence-corrected chi connectivity index (χ0v) is 17.2. The summed E-state index contributed by atoms with van der Waals surface area (Å²) in [6.07, 6.45) is 7.34. The van der Waals surface area contributed by atoms with Gasteiger partial charge in [0, 0.05) is 25.1 Å². The number of fused-ring (bicyclic) bond motifs is 5. The molecule has 1 aliphatic heterocycles. The highest BCUT2D eigenvalue weighted by atomic mass is 16.2. The van der Waals surface area contributed by atoms with Crippen molar-refractivity contribution >= 4 is 29.2 Å². The third-order valence-corrected chi connectivity index (χ3v) is 7.79. The number of amides is 3. The van der Waals surface area contributed by atoms with Crippen LogP contribution in [0.2, 0.25) is 0 Å². The lowest BCUT2D eigenvalue weighted by Crippen LogP contribution is -2.44. The monoisotopic (exact) mass is 409 g/mol. The number of nitrogens with zero attached hydrogens (tertiary/aromatic N) is 2. The summed E-state index contributed by atoms with van der Waals surface area (Å²) in [6.45, 7) is 1.43. The molecule has 7 heteroatoms. The zero-order chi connectivity index (χ0) is 21.0. The van der Waals surface area contributed by atoms with E-state index in [-0.39, 0.29) is 53.0 Å². The second-order valence-corrected chi connectivity index (χ2v) is 9.38. The lowest BCUT2D eigenvalue weighted by atomic mass is 9.81. The van der Waals surface area contributed by atoms with E-state index in [0.29, 0.717) is 43.2 Å². The molecule has 3 amide bonds. The molecule has 4 fully saturated rings. The predicted molar refractivity (Wildman–Crippen MR) is 108 cm³/mol. The van der Waals surface area contributed by atoms with Gasteiger partial charge in [0.1, 0.15) is 5.69 Å². The summed E-state index contributed by atoms with van der Waals surface area (Å²) < 4.78 is 0. The molecule has 7 nitrogen and oxygen atoms in total. The van der Waals surface area contributed by atoms with E-state index in [2.05, 4.69) is 10.3 Å². The summed E-state index contributed by atoms with van der Waals surface area (Å²) in [5, 5.41) is 2.85. The smallest absolute Gasteiger partial charge is 0.233 e. The molecule has 3 aliphatic carbocycles. The van der Waals surface area contributed by atoms with Gasteiger partial charge in [0.15, 0.2) is 5.78 Å². The Morgan fingerprint density at radius 1 is 1.00 bits per heavy atom. The van der Waals surface area contributed by atoms with E-state index in [1.54, 1.807) is 17.0 Å². The van der Waals surface area contributed by atoms with Crippen LogP contribution in [0.3, 0.4) is 0 Å². The van der Waals surface area contributed by atoms with Crippen LogP contribution in [-0.2, 0) is 14.4 Å². The lowest BCUT2D eigenvalue weighted by molar-refractivity contribution is -0.144. The average Bonchev–Trinajstić information content (AvgIpc) is 3.42. The number of aromatic nitrogens is 1. The number of Topliss-reactive ketones (excluding diaryl/α,β-unsaturated/α-hetero) is 1. The molecular weight excluding hydrogens is 382 g/mol. The van der Waals surface area contributed by atoms with E-state index in [1.165, 1.54) is 13.1 Å². The van der Waals surface area contributed by atoms with Crippen LogP contribution in [0, 0.1) is 29.6 Å². The lowest BCUT2D eigenvalue weighted by Gasteiger charge is -2.33. The number of ketones is 1. The number of carbonyl (C=O) groups is 4. The van der Waals surface area contributed by atoms with Crippen molar-refractivity contribution in [2.45, 2.75) is 57.9 Å². The van der Waals surface area contributed by atoms with Crippen molar-refractivity contribution in [1.82, 2.24) is 9.88 Å². The minimum Gasteiger partial charge on any atom is -0.324 e. The Labute approximate surface area is 175 Å². The fraction of sp³-hybridized carbons (Fsp3) is 0.609. The van der Waals surface area contributed by atoms with Crippen LogP contribution in [0.25, 0.3) is 0 Å². The van der Waals surface area contributed by atoms with Crippen molar-refractivity contribution in [3.05, 3.63) is 24.0 Å². The quantitative estimate of drug-likeness (QED) is 0.609. The first kappa shape index (κ1) is 19.4. The molecule has 2 heterocycles. The Hall–Kier alpha value is -2.57. The van der Waals surface area contributed by atoms with E-state index < -0.39 is 0 Å². The second-order valence-electron chi connectivity index (χ2n) is 9.38. The van der Waals surface area contributed by atoms with Crippen LogP contribution >= 0.6 is 0 Å². The van der Waals surface area contributed by atoms with Crippen molar-refractivity contribution in [3.63, 3.8) is 0 Å². The SMILES string of the molecule is CC(=O)c1ncccc1NC(=O)C1CCC(N2C(=O)C3C(C2=O)[C@H]2CC[C@@H]3C2)CC1. The molecule has 1 aromatic heterocycles. The Morgan fingerprint density at radius 2 is 1.63 bits per heavy atom. The molecule has 1 saturated heterocycles. The highest BCUT2D eigenvalue weighted by Gasteiger charge is 2.61. The van der Waals surface area contributed by atoms with Gasteiger partial charge < -0.3 is 5.32 Å². The Balaban J connectivity index is 1.22. The summed E-state index contributed by atoms with van der Waals surface area (Å²) in [7, 11) is 0. The molecule has 4 atom stereocenters. The third kappa shape index (κ3) is 2.97. The van der Waals surface area contributed by atoms with Gasteiger partial charge in [-0.1, -0.05) is 0 Å². The first-order valence-corrected chi connectivity index (χ1v) is 11.1. The third-order valence-electron chi connectivity index (χ3n) is 7.79. The molecule has 1 N–H and O–H groups in total. The van der Waals surface area contributed by atoms with Crippen LogP contribution in [0.5, 0.6) is 0 Å². The molecule has 1 aromatic rings. The van der Waals surface area contributed by atoms with E-state index >= 15 is 0 Å². The first-order chi connectivity index (χ1) is 14.5. The molecule has 2 bridgehead atoms. The van der Waals surface area contributed by atoms with Gasteiger partial charge in [0.05, 0.1) is 17.5 Å². The van der Waals surface area contributed by atoms with E-state index in [9.17, 15) is 19.2 Å². The number of likely N-dealkylation sites (tertiary alicyclic amines) is 1. The van der Waals surface area contributed by atoms with Gasteiger partial charge in [-0.05, 0) is 68.9 Å². The average molecular weight is 409 g/mol. The summed E-state index contributed by atoms with van der Waals surface area (Å²) in [4.78, 5) is 56.2. The van der Waals surface area contributed by atoms with Crippen molar-refractivity contribution in [2.75, 3.05) is 5.32 Å². The van der Waals surface area contributed by atoms with Gasteiger partial charge in [0.2, 0.25) is 17.7 Å². The van der Waals surface area contributed by atoms with Gasteiger partial charge in [-0.3, -0.25) is 29.1 Å². The van der Waals surface area contributed by atoms with Crippen molar-refractivity contribution < 1.29 is 19.2 Å². The molecule has 3 saturated carbocycles. The molecule has 2 unspecified atom stereocenters. The fourth-order valence-electron chi connectivity index (χ4n) is 6.41. The summed E-state index contributed by atoms with van der Waals surface area (Å²) in [5.41, 5.74) is 0.694. The molecule has 158 valence electrons. The highest BCUT2D eigenvalue weighted by Crippen LogP contribution is 2.56. The van der Waals surface area contributed by atoms with Gasteiger partial charge in [-0.25, -0.2) is 0 Å². The standard InChI is InChI=1S/C23H27N3O4/c1-12(27)20-17(3-2-10-24-20)25-21(28)13-6-8-16(9-7-13)26-22(29)18-14-4-5-15(11-14)19(18)23(26)30/h2-3,10,13-16,18-19H,4-9,11H2,1H3,(H,25,28)/t13?,14-,15+,16?,18?,19?. The minimum absolute atomic E-state index is 0.0477. The number of rotatable bonds is 4. The van der Waals surface area contributed by atoms with Gasteiger partial charge >= 0.3 is 0 Å². The normalized spacial score (nSPS) is 34.9. The zero-order valence-electron chi connectivity index (χ0n) is 17.2. The van der Waals surface area contributed by atoms with Crippen LogP contribution < -0.4 is 5.32 Å². The number of hydrogen-bond donors (Lipinski definition) is 1. The molecule has 0 aromatic carbocycles. The topological polar surface area (TPSA) is 96.4 Å². The fourth-order valence-corrected chi connectivity index (χ4v) is 6.41. The van der Waals surface area contributed by atoms with Crippen molar-refractivity contribution in [2.24, 2.45) is 29.6 Å². The summed E-state index contributed by atoms with van der Waals surface area (Å²) in [5.74, 6) is 0.235. The maximum Gasteiger partial charge on any atom is 0.233 e.